The lowest BCUT2D eigenvalue weighted by atomic mass is 10.1. The summed E-state index contributed by atoms with van der Waals surface area (Å²) >= 11 is 0. The standard InChI is InChI=1S/C14H21FN2O2/c1-3-4-7-17(9-14(16)19)13-6-5-11(10(2)18)8-12(13)15/h5-6,8,10,18H,3-4,7,9H2,1-2H3,(H2,16,19)/t10-/m1/s1. The average molecular weight is 268 g/mol. The van der Waals surface area contributed by atoms with Gasteiger partial charge in [-0.05, 0) is 31.0 Å². The third-order valence-corrected chi connectivity index (χ3v) is 2.92. The zero-order chi connectivity index (χ0) is 14.4. The number of unbranched alkanes of at least 4 members (excludes halogenated alkanes) is 1. The van der Waals surface area contributed by atoms with Crippen molar-refractivity contribution in [3.8, 4) is 0 Å². The minimum Gasteiger partial charge on any atom is -0.389 e. The summed E-state index contributed by atoms with van der Waals surface area (Å²) in [5, 5.41) is 9.41. The smallest absolute Gasteiger partial charge is 0.236 e. The van der Waals surface area contributed by atoms with Crippen molar-refractivity contribution in [1.82, 2.24) is 0 Å². The van der Waals surface area contributed by atoms with E-state index in [-0.39, 0.29) is 6.54 Å². The van der Waals surface area contributed by atoms with Crippen LogP contribution in [0.5, 0.6) is 0 Å². The Kier molecular flexibility index (Phi) is 5.76. The lowest BCUT2D eigenvalue weighted by Gasteiger charge is -2.24. The second-order valence-electron chi connectivity index (χ2n) is 4.63. The Morgan fingerprint density at radius 2 is 2.21 bits per heavy atom. The molecule has 0 unspecified atom stereocenters. The molecule has 1 atom stereocenters. The van der Waals surface area contributed by atoms with Gasteiger partial charge in [-0.2, -0.15) is 0 Å². The van der Waals surface area contributed by atoms with Gasteiger partial charge in [0.1, 0.15) is 5.82 Å². The molecule has 106 valence electrons. The Bertz CT molecular complexity index is 435. The van der Waals surface area contributed by atoms with Crippen LogP contribution in [0.15, 0.2) is 18.2 Å². The summed E-state index contributed by atoms with van der Waals surface area (Å²) in [6.07, 6.45) is 1.08. The molecule has 0 aliphatic carbocycles. The molecule has 0 fully saturated rings. The highest BCUT2D eigenvalue weighted by atomic mass is 19.1. The van der Waals surface area contributed by atoms with Crippen LogP contribution in [-0.4, -0.2) is 24.1 Å². The van der Waals surface area contributed by atoms with Crippen molar-refractivity contribution in [2.45, 2.75) is 32.8 Å². The van der Waals surface area contributed by atoms with Gasteiger partial charge in [-0.15, -0.1) is 0 Å². The van der Waals surface area contributed by atoms with Crippen molar-refractivity contribution in [3.63, 3.8) is 0 Å². The number of halogens is 1. The number of anilines is 1. The molecule has 0 bridgehead atoms. The molecule has 19 heavy (non-hydrogen) atoms. The van der Waals surface area contributed by atoms with Crippen molar-refractivity contribution in [3.05, 3.63) is 29.6 Å². The average Bonchev–Trinajstić information content (AvgIpc) is 2.34. The largest absolute Gasteiger partial charge is 0.389 e. The van der Waals surface area contributed by atoms with E-state index in [1.807, 2.05) is 6.92 Å². The highest BCUT2D eigenvalue weighted by molar-refractivity contribution is 5.79. The highest BCUT2D eigenvalue weighted by Crippen LogP contribution is 2.23. The van der Waals surface area contributed by atoms with Gasteiger partial charge in [0.15, 0.2) is 0 Å². The lowest BCUT2D eigenvalue weighted by molar-refractivity contribution is -0.116. The zero-order valence-electron chi connectivity index (χ0n) is 11.4. The van der Waals surface area contributed by atoms with E-state index in [1.54, 1.807) is 24.0 Å². The van der Waals surface area contributed by atoms with Crippen LogP contribution in [0.2, 0.25) is 0 Å². The first-order chi connectivity index (χ1) is 8.95. The molecular weight excluding hydrogens is 247 g/mol. The maximum Gasteiger partial charge on any atom is 0.236 e. The zero-order valence-corrected chi connectivity index (χ0v) is 11.4. The summed E-state index contributed by atoms with van der Waals surface area (Å²) < 4.78 is 14.0. The van der Waals surface area contributed by atoms with Crippen LogP contribution in [0.1, 0.15) is 38.4 Å². The molecule has 1 amide bonds. The molecule has 1 aromatic rings. The Hall–Kier alpha value is -1.62. The van der Waals surface area contributed by atoms with Gasteiger partial charge in [0.2, 0.25) is 5.91 Å². The number of aliphatic hydroxyl groups is 1. The van der Waals surface area contributed by atoms with E-state index in [1.165, 1.54) is 6.07 Å². The second kappa shape index (κ2) is 7.09. The summed E-state index contributed by atoms with van der Waals surface area (Å²) in [4.78, 5) is 12.7. The van der Waals surface area contributed by atoms with Crippen molar-refractivity contribution in [2.24, 2.45) is 5.73 Å². The van der Waals surface area contributed by atoms with Gasteiger partial charge in [0.05, 0.1) is 18.3 Å². The second-order valence-corrected chi connectivity index (χ2v) is 4.63. The van der Waals surface area contributed by atoms with Crippen molar-refractivity contribution < 1.29 is 14.3 Å². The van der Waals surface area contributed by atoms with Gasteiger partial charge in [0.25, 0.3) is 0 Å². The molecule has 0 spiro atoms. The molecule has 0 aliphatic heterocycles. The van der Waals surface area contributed by atoms with E-state index in [4.69, 9.17) is 5.73 Å². The maximum absolute atomic E-state index is 14.0. The minimum atomic E-state index is -0.719. The molecule has 0 aliphatic rings. The fourth-order valence-corrected chi connectivity index (χ4v) is 1.86. The fraction of sp³-hybridized carbons (Fsp3) is 0.500. The van der Waals surface area contributed by atoms with E-state index < -0.39 is 17.8 Å². The van der Waals surface area contributed by atoms with Crippen molar-refractivity contribution in [2.75, 3.05) is 18.0 Å². The Morgan fingerprint density at radius 1 is 1.53 bits per heavy atom. The number of hydrogen-bond donors (Lipinski definition) is 2. The highest BCUT2D eigenvalue weighted by Gasteiger charge is 2.15. The predicted octanol–water partition coefficient (Wildman–Crippen LogP) is 1.97. The quantitative estimate of drug-likeness (QED) is 0.794. The molecular formula is C14H21FN2O2. The molecule has 3 N–H and O–H groups in total. The monoisotopic (exact) mass is 268 g/mol. The predicted molar refractivity (Wildman–Crippen MR) is 73.3 cm³/mol. The van der Waals surface area contributed by atoms with Crippen LogP contribution in [-0.2, 0) is 4.79 Å². The number of carbonyl (C=O) groups excluding carboxylic acids is 1. The van der Waals surface area contributed by atoms with E-state index in [0.717, 1.165) is 12.8 Å². The molecule has 1 aromatic carbocycles. The van der Waals surface area contributed by atoms with E-state index in [2.05, 4.69) is 0 Å². The van der Waals surface area contributed by atoms with E-state index in [9.17, 15) is 14.3 Å². The number of nitrogens with two attached hydrogens (primary N) is 1. The van der Waals surface area contributed by atoms with Gasteiger partial charge < -0.3 is 15.7 Å². The molecule has 0 saturated carbocycles. The molecule has 0 saturated heterocycles. The molecule has 0 radical (unpaired) electrons. The molecule has 4 nitrogen and oxygen atoms in total. The third-order valence-electron chi connectivity index (χ3n) is 2.92. The Labute approximate surface area is 113 Å². The molecule has 1 rings (SSSR count). The number of rotatable bonds is 7. The van der Waals surface area contributed by atoms with Crippen LogP contribution < -0.4 is 10.6 Å². The summed E-state index contributed by atoms with van der Waals surface area (Å²) in [6, 6.07) is 4.53. The van der Waals surface area contributed by atoms with Crippen LogP contribution in [0.3, 0.4) is 0 Å². The lowest BCUT2D eigenvalue weighted by Crippen LogP contribution is -2.35. The maximum atomic E-state index is 14.0. The van der Waals surface area contributed by atoms with E-state index >= 15 is 0 Å². The molecule has 5 heteroatoms. The summed E-state index contributed by atoms with van der Waals surface area (Å²) in [7, 11) is 0. The first-order valence-electron chi connectivity index (χ1n) is 6.46. The first-order valence-corrected chi connectivity index (χ1v) is 6.46. The fourth-order valence-electron chi connectivity index (χ4n) is 1.86. The summed E-state index contributed by atoms with van der Waals surface area (Å²) in [5.41, 5.74) is 6.04. The van der Waals surface area contributed by atoms with Crippen LogP contribution in [0.25, 0.3) is 0 Å². The number of nitrogens with zero attached hydrogens (tertiary/aromatic N) is 1. The number of hydrogen-bond acceptors (Lipinski definition) is 3. The Balaban J connectivity index is 2.97. The number of carbonyl (C=O) groups is 1. The number of primary amides is 1. The summed E-state index contributed by atoms with van der Waals surface area (Å²) in [6.45, 7) is 4.16. The summed E-state index contributed by atoms with van der Waals surface area (Å²) in [5.74, 6) is -0.939. The third kappa shape index (κ3) is 4.52. The van der Waals surface area contributed by atoms with Crippen LogP contribution in [0, 0.1) is 5.82 Å². The van der Waals surface area contributed by atoms with Crippen LogP contribution >= 0.6 is 0 Å². The van der Waals surface area contributed by atoms with E-state index in [0.29, 0.717) is 17.8 Å². The Morgan fingerprint density at radius 3 is 2.68 bits per heavy atom. The van der Waals surface area contributed by atoms with Crippen molar-refractivity contribution in [1.29, 1.82) is 0 Å². The topological polar surface area (TPSA) is 66.6 Å². The number of amides is 1. The first kappa shape index (κ1) is 15.4. The van der Waals surface area contributed by atoms with Gasteiger partial charge in [-0.1, -0.05) is 19.4 Å². The van der Waals surface area contributed by atoms with Gasteiger partial charge >= 0.3 is 0 Å². The SMILES string of the molecule is CCCCN(CC(N)=O)c1ccc([C@@H](C)O)cc1F. The molecule has 0 aromatic heterocycles. The molecule has 0 heterocycles. The van der Waals surface area contributed by atoms with Gasteiger partial charge in [-0.25, -0.2) is 4.39 Å². The van der Waals surface area contributed by atoms with Crippen LogP contribution in [0.4, 0.5) is 10.1 Å². The normalized spacial score (nSPS) is 12.2. The number of aliphatic hydroxyl groups excluding tert-OH is 1. The van der Waals surface area contributed by atoms with Gasteiger partial charge in [-0.3, -0.25) is 4.79 Å². The van der Waals surface area contributed by atoms with Crippen molar-refractivity contribution >= 4 is 11.6 Å². The minimum absolute atomic E-state index is 0.00898. The van der Waals surface area contributed by atoms with Gasteiger partial charge in [0, 0.05) is 6.54 Å². The number of benzene rings is 1.